The summed E-state index contributed by atoms with van der Waals surface area (Å²) in [6.07, 6.45) is 7.79. The molecule has 0 aromatic carbocycles. The van der Waals surface area contributed by atoms with Crippen LogP contribution in [0.2, 0.25) is 0 Å². The third kappa shape index (κ3) is 3.48. The number of anilines is 1. The topological polar surface area (TPSA) is 28.2 Å². The van der Waals surface area contributed by atoms with Crippen LogP contribution in [0.25, 0.3) is 0 Å². The smallest absolute Gasteiger partial charge is 0.170 e. The lowest BCUT2D eigenvalue weighted by molar-refractivity contribution is 0.568. The van der Waals surface area contributed by atoms with Gasteiger partial charge in [-0.2, -0.15) is 0 Å². The molecule has 2 aliphatic carbocycles. The average Bonchev–Trinajstić information content (AvgIpc) is 3.32. The molecule has 1 aromatic rings. The molecule has 1 N–H and O–H groups in total. The van der Waals surface area contributed by atoms with E-state index in [1.807, 2.05) is 0 Å². The van der Waals surface area contributed by atoms with E-state index in [-0.39, 0.29) is 5.82 Å². The van der Waals surface area contributed by atoms with Crippen LogP contribution in [0.4, 0.5) is 10.2 Å². The minimum absolute atomic E-state index is 0.130. The number of rotatable bonds is 8. The number of pyridine rings is 1. The molecule has 0 spiro atoms. The van der Waals surface area contributed by atoms with Crippen molar-refractivity contribution in [3.63, 3.8) is 0 Å². The lowest BCUT2D eigenvalue weighted by Gasteiger charge is -2.24. The first-order valence-corrected chi connectivity index (χ1v) is 7.89. The summed E-state index contributed by atoms with van der Waals surface area (Å²) in [6, 6.07) is 2.40. The molecule has 2 aliphatic rings. The summed E-state index contributed by atoms with van der Waals surface area (Å²) < 4.78 is 14.6. The van der Waals surface area contributed by atoms with E-state index in [9.17, 15) is 4.39 Å². The highest BCUT2D eigenvalue weighted by Crippen LogP contribution is 2.32. The quantitative estimate of drug-likeness (QED) is 0.791. The molecule has 0 aliphatic heterocycles. The minimum Gasteiger partial charge on any atom is -0.354 e. The summed E-state index contributed by atoms with van der Waals surface area (Å²) in [6.45, 7) is 4.60. The fraction of sp³-hybridized carbons (Fsp3) is 0.688. The second-order valence-corrected chi connectivity index (χ2v) is 6.15. The normalized spacial score (nSPS) is 18.3. The van der Waals surface area contributed by atoms with Gasteiger partial charge in [-0.05, 0) is 44.1 Å². The van der Waals surface area contributed by atoms with Gasteiger partial charge in [0.1, 0.15) is 0 Å². The van der Waals surface area contributed by atoms with Gasteiger partial charge in [-0.25, -0.2) is 9.37 Å². The molecule has 2 saturated carbocycles. The first-order chi connectivity index (χ1) is 9.78. The summed E-state index contributed by atoms with van der Waals surface area (Å²) in [5.74, 6) is 1.17. The van der Waals surface area contributed by atoms with Crippen LogP contribution in [-0.2, 0) is 6.54 Å². The molecule has 1 aromatic heterocycles. The molecule has 3 rings (SSSR count). The molecular formula is C16H24FN3. The Morgan fingerprint density at radius 3 is 2.80 bits per heavy atom. The maximum Gasteiger partial charge on any atom is 0.170 e. The molecule has 0 radical (unpaired) electrons. The number of aromatic nitrogens is 1. The van der Waals surface area contributed by atoms with Crippen LogP contribution >= 0.6 is 0 Å². The van der Waals surface area contributed by atoms with Crippen molar-refractivity contribution in [2.45, 2.75) is 51.6 Å². The second kappa shape index (κ2) is 6.08. The van der Waals surface area contributed by atoms with Gasteiger partial charge in [0.2, 0.25) is 0 Å². The van der Waals surface area contributed by atoms with Crippen molar-refractivity contribution in [1.29, 1.82) is 0 Å². The van der Waals surface area contributed by atoms with Crippen LogP contribution in [-0.4, -0.2) is 24.1 Å². The zero-order valence-corrected chi connectivity index (χ0v) is 12.2. The first-order valence-electron chi connectivity index (χ1n) is 7.89. The number of hydrogen-bond donors (Lipinski definition) is 1. The van der Waals surface area contributed by atoms with Crippen LogP contribution in [0.1, 0.15) is 44.6 Å². The zero-order valence-electron chi connectivity index (χ0n) is 12.2. The number of nitrogens with zero attached hydrogens (tertiary/aromatic N) is 2. The number of halogens is 1. The average molecular weight is 277 g/mol. The van der Waals surface area contributed by atoms with Crippen LogP contribution < -0.4 is 10.2 Å². The Kier molecular flexibility index (Phi) is 4.20. The van der Waals surface area contributed by atoms with E-state index < -0.39 is 0 Å². The van der Waals surface area contributed by atoms with E-state index in [0.717, 1.165) is 31.0 Å². The molecule has 20 heavy (non-hydrogen) atoms. The van der Waals surface area contributed by atoms with Gasteiger partial charge >= 0.3 is 0 Å². The van der Waals surface area contributed by atoms with Crippen molar-refractivity contribution in [3.05, 3.63) is 23.6 Å². The predicted molar refractivity (Wildman–Crippen MR) is 79.3 cm³/mol. The summed E-state index contributed by atoms with van der Waals surface area (Å²) in [5.41, 5.74) is 0.749. The van der Waals surface area contributed by atoms with E-state index >= 15 is 0 Å². The minimum atomic E-state index is -0.130. The highest BCUT2D eigenvalue weighted by molar-refractivity contribution is 5.43. The monoisotopic (exact) mass is 277 g/mol. The van der Waals surface area contributed by atoms with E-state index in [4.69, 9.17) is 0 Å². The molecule has 0 atom stereocenters. The van der Waals surface area contributed by atoms with Crippen molar-refractivity contribution in [2.24, 2.45) is 5.92 Å². The van der Waals surface area contributed by atoms with Gasteiger partial charge in [-0.15, -0.1) is 0 Å². The van der Waals surface area contributed by atoms with Crippen LogP contribution in [0.5, 0.6) is 0 Å². The first kappa shape index (κ1) is 13.8. The molecule has 0 unspecified atom stereocenters. The fourth-order valence-electron chi connectivity index (χ4n) is 2.54. The van der Waals surface area contributed by atoms with Gasteiger partial charge in [0, 0.05) is 37.4 Å². The number of hydrogen-bond acceptors (Lipinski definition) is 3. The molecule has 0 amide bonds. The molecule has 4 heteroatoms. The third-order valence-corrected chi connectivity index (χ3v) is 4.08. The summed E-state index contributed by atoms with van der Waals surface area (Å²) >= 11 is 0. The van der Waals surface area contributed by atoms with Gasteiger partial charge in [0.25, 0.3) is 0 Å². The fourth-order valence-corrected chi connectivity index (χ4v) is 2.54. The Labute approximate surface area is 120 Å². The van der Waals surface area contributed by atoms with Crippen LogP contribution in [0.3, 0.4) is 0 Å². The van der Waals surface area contributed by atoms with Gasteiger partial charge < -0.3 is 10.2 Å². The maximum atomic E-state index is 14.6. The SMILES string of the molecule is CCCN(CC1CC1)c1nccc(CNC2CC2)c1F. The van der Waals surface area contributed by atoms with E-state index in [1.165, 1.54) is 25.7 Å². The lowest BCUT2D eigenvalue weighted by atomic mass is 10.2. The molecule has 0 bridgehead atoms. The van der Waals surface area contributed by atoms with Crippen LogP contribution in [0.15, 0.2) is 12.3 Å². The largest absolute Gasteiger partial charge is 0.354 e. The van der Waals surface area contributed by atoms with E-state index in [0.29, 0.717) is 18.4 Å². The van der Waals surface area contributed by atoms with Gasteiger partial charge in [-0.3, -0.25) is 0 Å². The highest BCUT2D eigenvalue weighted by atomic mass is 19.1. The summed E-state index contributed by atoms with van der Waals surface area (Å²) in [5, 5.41) is 3.38. The lowest BCUT2D eigenvalue weighted by Crippen LogP contribution is -2.29. The van der Waals surface area contributed by atoms with Gasteiger partial charge in [0.15, 0.2) is 11.6 Å². The second-order valence-electron chi connectivity index (χ2n) is 6.15. The molecule has 0 saturated heterocycles. The Bertz CT molecular complexity index is 455. The molecule has 1 heterocycles. The van der Waals surface area contributed by atoms with Crippen molar-refractivity contribution in [3.8, 4) is 0 Å². The van der Waals surface area contributed by atoms with Gasteiger partial charge in [0.05, 0.1) is 0 Å². The van der Waals surface area contributed by atoms with E-state index in [2.05, 4.69) is 22.1 Å². The third-order valence-electron chi connectivity index (χ3n) is 4.08. The zero-order chi connectivity index (χ0) is 13.9. The molecular weight excluding hydrogens is 253 g/mol. The van der Waals surface area contributed by atoms with Crippen molar-refractivity contribution < 1.29 is 4.39 Å². The Morgan fingerprint density at radius 1 is 1.35 bits per heavy atom. The Balaban J connectivity index is 1.72. The molecule has 3 nitrogen and oxygen atoms in total. The highest BCUT2D eigenvalue weighted by Gasteiger charge is 2.27. The van der Waals surface area contributed by atoms with Crippen molar-refractivity contribution >= 4 is 5.82 Å². The molecule has 110 valence electrons. The predicted octanol–water partition coefficient (Wildman–Crippen LogP) is 3.10. The standard InChI is InChI=1S/C16H24FN3/c1-2-9-20(11-12-3-4-12)16-15(17)13(7-8-18-16)10-19-14-5-6-14/h7-8,12,14,19H,2-6,9-11H2,1H3. The van der Waals surface area contributed by atoms with Crippen molar-refractivity contribution in [1.82, 2.24) is 10.3 Å². The summed E-state index contributed by atoms with van der Waals surface area (Å²) in [4.78, 5) is 6.44. The molecule has 2 fully saturated rings. The van der Waals surface area contributed by atoms with E-state index in [1.54, 1.807) is 12.3 Å². The Morgan fingerprint density at radius 2 is 2.15 bits per heavy atom. The maximum absolute atomic E-state index is 14.6. The summed E-state index contributed by atoms with van der Waals surface area (Å²) in [7, 11) is 0. The van der Waals surface area contributed by atoms with Crippen molar-refractivity contribution in [2.75, 3.05) is 18.0 Å². The van der Waals surface area contributed by atoms with Crippen LogP contribution in [0, 0.1) is 11.7 Å². The van der Waals surface area contributed by atoms with Gasteiger partial charge in [-0.1, -0.05) is 6.92 Å². The Hall–Kier alpha value is -1.16. The number of nitrogens with one attached hydrogen (secondary N) is 1.